The van der Waals surface area contributed by atoms with Crippen molar-refractivity contribution in [1.82, 2.24) is 0 Å². The van der Waals surface area contributed by atoms with E-state index in [2.05, 4.69) is 4.90 Å². The number of esters is 1. The Morgan fingerprint density at radius 3 is 2.86 bits per heavy atom. The van der Waals surface area contributed by atoms with Crippen LogP contribution in [-0.4, -0.2) is 38.1 Å². The molecule has 5 heteroatoms. The average molecular weight is 303 g/mol. The van der Waals surface area contributed by atoms with Crippen molar-refractivity contribution >= 4 is 17.4 Å². The van der Waals surface area contributed by atoms with E-state index in [0.29, 0.717) is 24.3 Å². The quantitative estimate of drug-likeness (QED) is 0.634. The van der Waals surface area contributed by atoms with Crippen molar-refractivity contribution in [2.45, 2.75) is 26.2 Å². The van der Waals surface area contributed by atoms with E-state index in [1.165, 1.54) is 0 Å². The van der Waals surface area contributed by atoms with Gasteiger partial charge in [0.25, 0.3) is 0 Å². The molecule has 1 aromatic rings. The molecular formula is C17H21NO4. The second-order valence-electron chi connectivity index (χ2n) is 5.65. The first kappa shape index (κ1) is 14.9. The molecule has 3 rings (SSSR count). The summed E-state index contributed by atoms with van der Waals surface area (Å²) in [6.07, 6.45) is 2.68. The van der Waals surface area contributed by atoms with Gasteiger partial charge in [0.15, 0.2) is 11.5 Å². The Bertz CT molecular complexity index is 578. The second-order valence-corrected chi connectivity index (χ2v) is 5.65. The van der Waals surface area contributed by atoms with Crippen LogP contribution in [0, 0.1) is 5.92 Å². The van der Waals surface area contributed by atoms with E-state index < -0.39 is 11.9 Å². The number of para-hydroxylation sites is 1. The van der Waals surface area contributed by atoms with Crippen LogP contribution in [0.15, 0.2) is 18.2 Å². The highest BCUT2D eigenvalue weighted by Gasteiger charge is 2.34. The number of Topliss-reactive ketones (excluding diaryl/α,β-unsaturated/α-hetero) is 1. The Morgan fingerprint density at radius 2 is 2.14 bits per heavy atom. The predicted octanol–water partition coefficient (Wildman–Crippen LogP) is 2.43. The molecule has 1 atom stereocenters. The summed E-state index contributed by atoms with van der Waals surface area (Å²) < 4.78 is 10.9. The Kier molecular flexibility index (Phi) is 4.32. The Labute approximate surface area is 130 Å². The van der Waals surface area contributed by atoms with E-state index in [4.69, 9.17) is 9.47 Å². The van der Waals surface area contributed by atoms with Crippen LogP contribution in [-0.2, 0) is 9.53 Å². The molecule has 0 spiro atoms. The van der Waals surface area contributed by atoms with Crippen LogP contribution in [0.4, 0.5) is 5.69 Å². The molecule has 22 heavy (non-hydrogen) atoms. The van der Waals surface area contributed by atoms with E-state index in [-0.39, 0.29) is 12.4 Å². The topological polar surface area (TPSA) is 55.8 Å². The van der Waals surface area contributed by atoms with Gasteiger partial charge in [0.2, 0.25) is 0 Å². The van der Waals surface area contributed by atoms with Crippen molar-refractivity contribution in [3.63, 3.8) is 0 Å². The third-order valence-electron chi connectivity index (χ3n) is 4.25. The van der Waals surface area contributed by atoms with Crippen LogP contribution in [0.5, 0.6) is 5.75 Å². The zero-order valence-electron chi connectivity index (χ0n) is 12.8. The van der Waals surface area contributed by atoms with Gasteiger partial charge in [0.1, 0.15) is 5.92 Å². The summed E-state index contributed by atoms with van der Waals surface area (Å²) in [6.45, 7) is 4.34. The van der Waals surface area contributed by atoms with Crippen LogP contribution < -0.4 is 9.64 Å². The molecule has 0 saturated carbocycles. The smallest absolute Gasteiger partial charge is 0.316 e. The zero-order chi connectivity index (χ0) is 15.5. The molecule has 1 saturated heterocycles. The molecule has 0 N–H and O–H groups in total. The third-order valence-corrected chi connectivity index (χ3v) is 4.25. The fraction of sp³-hybridized carbons (Fsp3) is 0.529. The standard InChI is InChI=1S/C17H21NO4/c1-2-21-17(20)13-8-11-22-16-12(15(13)19)6-5-7-14(16)18-9-3-4-10-18/h5-7,13H,2-4,8-11H2,1H3. The largest absolute Gasteiger partial charge is 0.491 e. The number of carbonyl (C=O) groups excluding carboxylic acids is 2. The van der Waals surface area contributed by atoms with Crippen LogP contribution in [0.3, 0.4) is 0 Å². The summed E-state index contributed by atoms with van der Waals surface area (Å²) in [4.78, 5) is 27.0. The Morgan fingerprint density at radius 1 is 1.36 bits per heavy atom. The lowest BCUT2D eigenvalue weighted by molar-refractivity contribution is -0.146. The molecule has 2 aliphatic heterocycles. The molecule has 1 aromatic carbocycles. The van der Waals surface area contributed by atoms with Crippen molar-refractivity contribution in [2.24, 2.45) is 5.92 Å². The maximum atomic E-state index is 12.7. The van der Waals surface area contributed by atoms with Gasteiger partial charge >= 0.3 is 5.97 Å². The number of hydrogen-bond donors (Lipinski definition) is 0. The fourth-order valence-electron chi connectivity index (χ4n) is 3.14. The summed E-state index contributed by atoms with van der Waals surface area (Å²) in [7, 11) is 0. The molecule has 0 bridgehead atoms. The van der Waals surface area contributed by atoms with Gasteiger partial charge in [-0.25, -0.2) is 0 Å². The highest BCUT2D eigenvalue weighted by atomic mass is 16.5. The van der Waals surface area contributed by atoms with Crippen molar-refractivity contribution in [3.8, 4) is 5.75 Å². The molecule has 0 aromatic heterocycles. The minimum Gasteiger partial charge on any atom is -0.491 e. The van der Waals surface area contributed by atoms with Crippen LogP contribution in [0.1, 0.15) is 36.5 Å². The van der Waals surface area contributed by atoms with E-state index in [0.717, 1.165) is 31.6 Å². The van der Waals surface area contributed by atoms with Crippen LogP contribution in [0.2, 0.25) is 0 Å². The number of ketones is 1. The van der Waals surface area contributed by atoms with E-state index in [1.54, 1.807) is 13.0 Å². The number of benzene rings is 1. The number of anilines is 1. The number of carbonyl (C=O) groups is 2. The SMILES string of the molecule is CCOC(=O)C1CCOc2c(cccc2N2CCCC2)C1=O. The van der Waals surface area contributed by atoms with Crippen molar-refractivity contribution < 1.29 is 19.1 Å². The molecule has 0 radical (unpaired) electrons. The van der Waals surface area contributed by atoms with E-state index in [1.807, 2.05) is 12.1 Å². The Hall–Kier alpha value is -2.04. The van der Waals surface area contributed by atoms with Crippen molar-refractivity contribution in [1.29, 1.82) is 0 Å². The fourth-order valence-corrected chi connectivity index (χ4v) is 3.14. The van der Waals surface area contributed by atoms with Gasteiger partial charge in [-0.05, 0) is 31.9 Å². The molecular weight excluding hydrogens is 282 g/mol. The first-order chi connectivity index (χ1) is 10.7. The van der Waals surface area contributed by atoms with Crippen molar-refractivity contribution in [2.75, 3.05) is 31.2 Å². The average Bonchev–Trinajstić information content (AvgIpc) is 2.99. The predicted molar refractivity (Wildman–Crippen MR) is 82.5 cm³/mol. The highest BCUT2D eigenvalue weighted by Crippen LogP contribution is 2.37. The first-order valence-electron chi connectivity index (χ1n) is 7.94. The van der Waals surface area contributed by atoms with E-state index >= 15 is 0 Å². The number of fused-ring (bicyclic) bond motifs is 1. The van der Waals surface area contributed by atoms with Gasteiger partial charge in [-0.2, -0.15) is 0 Å². The Balaban J connectivity index is 1.94. The van der Waals surface area contributed by atoms with Gasteiger partial charge in [0.05, 0.1) is 24.5 Å². The second kappa shape index (κ2) is 6.38. The lowest BCUT2D eigenvalue weighted by atomic mass is 9.95. The molecule has 2 heterocycles. The highest BCUT2D eigenvalue weighted by molar-refractivity contribution is 6.11. The van der Waals surface area contributed by atoms with Gasteiger partial charge in [-0.1, -0.05) is 6.07 Å². The molecule has 0 amide bonds. The number of nitrogens with zero attached hydrogens (tertiary/aromatic N) is 1. The first-order valence-corrected chi connectivity index (χ1v) is 7.94. The van der Waals surface area contributed by atoms with Gasteiger partial charge < -0.3 is 14.4 Å². The maximum Gasteiger partial charge on any atom is 0.316 e. The number of rotatable bonds is 3. The number of ether oxygens (including phenoxy) is 2. The monoisotopic (exact) mass is 303 g/mol. The van der Waals surface area contributed by atoms with Gasteiger partial charge in [0, 0.05) is 19.5 Å². The summed E-state index contributed by atoms with van der Waals surface area (Å²) in [6, 6.07) is 5.60. The van der Waals surface area contributed by atoms with Crippen LogP contribution in [0.25, 0.3) is 0 Å². The minimum atomic E-state index is -0.755. The molecule has 118 valence electrons. The van der Waals surface area contributed by atoms with Crippen molar-refractivity contribution in [3.05, 3.63) is 23.8 Å². The van der Waals surface area contributed by atoms with Gasteiger partial charge in [-0.15, -0.1) is 0 Å². The third kappa shape index (κ3) is 2.67. The summed E-state index contributed by atoms with van der Waals surface area (Å²) >= 11 is 0. The molecule has 1 fully saturated rings. The zero-order valence-corrected chi connectivity index (χ0v) is 12.8. The lowest BCUT2D eigenvalue weighted by Gasteiger charge is -2.22. The maximum absolute atomic E-state index is 12.7. The van der Waals surface area contributed by atoms with E-state index in [9.17, 15) is 9.59 Å². The van der Waals surface area contributed by atoms with Crippen LogP contribution >= 0.6 is 0 Å². The minimum absolute atomic E-state index is 0.188. The number of hydrogen-bond acceptors (Lipinski definition) is 5. The molecule has 1 unspecified atom stereocenters. The lowest BCUT2D eigenvalue weighted by Crippen LogP contribution is -2.26. The molecule has 2 aliphatic rings. The summed E-state index contributed by atoms with van der Waals surface area (Å²) in [5, 5.41) is 0. The molecule has 5 nitrogen and oxygen atoms in total. The molecule has 0 aliphatic carbocycles. The summed E-state index contributed by atoms with van der Waals surface area (Å²) in [5.74, 6) is -0.765. The van der Waals surface area contributed by atoms with Gasteiger partial charge in [-0.3, -0.25) is 9.59 Å². The normalized spacial score (nSPS) is 21.0. The summed E-state index contributed by atoms with van der Waals surface area (Å²) in [5.41, 5.74) is 1.47.